The van der Waals surface area contributed by atoms with Gasteiger partial charge in [0.05, 0.1) is 13.2 Å². The Kier molecular flexibility index (Phi) is 5.37. The fraction of sp³-hybridized carbons (Fsp3) is 0.571. The first-order valence-corrected chi connectivity index (χ1v) is 6.62. The number of alkyl carbamates (subject to hydrolysis) is 1. The molecule has 1 unspecified atom stereocenters. The van der Waals surface area contributed by atoms with Gasteiger partial charge < -0.3 is 25.1 Å². The monoisotopic (exact) mass is 297 g/mol. The van der Waals surface area contributed by atoms with Crippen LogP contribution in [-0.4, -0.2) is 35.9 Å². The Morgan fingerprint density at radius 1 is 1.38 bits per heavy atom. The third-order valence-corrected chi connectivity index (χ3v) is 2.80. The fourth-order valence-electron chi connectivity index (χ4n) is 1.82. The third-order valence-electron chi connectivity index (χ3n) is 2.80. The van der Waals surface area contributed by atoms with Gasteiger partial charge in [-0.3, -0.25) is 0 Å². The lowest BCUT2D eigenvalue weighted by molar-refractivity contribution is 0.0521. The van der Waals surface area contributed by atoms with E-state index in [1.54, 1.807) is 44.5 Å². The van der Waals surface area contributed by atoms with Crippen LogP contribution in [0.1, 0.15) is 43.0 Å². The molecule has 21 heavy (non-hydrogen) atoms. The van der Waals surface area contributed by atoms with E-state index in [0.29, 0.717) is 11.4 Å². The number of methoxy groups -OCH3 is 1. The van der Waals surface area contributed by atoms with Crippen molar-refractivity contribution in [2.45, 2.75) is 32.4 Å². The molecular weight excluding hydrogens is 274 g/mol. The van der Waals surface area contributed by atoms with Crippen molar-refractivity contribution in [3.63, 3.8) is 0 Å². The van der Waals surface area contributed by atoms with Gasteiger partial charge in [-0.2, -0.15) is 0 Å². The number of hydrogen-bond acceptors (Lipinski definition) is 5. The largest absolute Gasteiger partial charge is 0.464 e. The van der Waals surface area contributed by atoms with E-state index in [2.05, 4.69) is 10.1 Å². The average Bonchev–Trinajstić information content (AvgIpc) is 2.75. The Hall–Kier alpha value is -2.02. The van der Waals surface area contributed by atoms with E-state index in [9.17, 15) is 9.59 Å². The second kappa shape index (κ2) is 6.62. The molecule has 1 aromatic rings. The smallest absolute Gasteiger partial charge is 0.407 e. The SMILES string of the molecule is COC(=O)c1ccc(C(N)CNC(=O)OC(C)(C)C)n1C. The highest BCUT2D eigenvalue weighted by Gasteiger charge is 2.19. The Morgan fingerprint density at radius 3 is 2.52 bits per heavy atom. The highest BCUT2D eigenvalue weighted by atomic mass is 16.6. The summed E-state index contributed by atoms with van der Waals surface area (Å²) < 4.78 is 11.4. The van der Waals surface area contributed by atoms with Gasteiger partial charge in [0.25, 0.3) is 0 Å². The Balaban J connectivity index is 2.65. The summed E-state index contributed by atoms with van der Waals surface area (Å²) in [7, 11) is 3.04. The van der Waals surface area contributed by atoms with Gasteiger partial charge in [0, 0.05) is 19.3 Å². The predicted octanol–water partition coefficient (Wildman–Crippen LogP) is 1.34. The molecule has 0 aromatic carbocycles. The molecule has 0 aliphatic carbocycles. The summed E-state index contributed by atoms with van der Waals surface area (Å²) in [6.45, 7) is 5.55. The molecule has 0 saturated carbocycles. The van der Waals surface area contributed by atoms with Gasteiger partial charge in [0.1, 0.15) is 11.3 Å². The molecule has 1 atom stereocenters. The minimum absolute atomic E-state index is 0.202. The van der Waals surface area contributed by atoms with Crippen LogP contribution in [0, 0.1) is 0 Å². The molecule has 0 aliphatic rings. The zero-order valence-electron chi connectivity index (χ0n) is 13.1. The molecule has 7 nitrogen and oxygen atoms in total. The lowest BCUT2D eigenvalue weighted by atomic mass is 10.2. The fourth-order valence-corrected chi connectivity index (χ4v) is 1.82. The Bertz CT molecular complexity index is 517. The molecular formula is C14H23N3O4. The number of carbonyl (C=O) groups excluding carboxylic acids is 2. The maximum atomic E-state index is 11.6. The van der Waals surface area contributed by atoms with E-state index in [4.69, 9.17) is 10.5 Å². The number of hydrogen-bond donors (Lipinski definition) is 2. The number of nitrogens with zero attached hydrogens (tertiary/aromatic N) is 1. The maximum Gasteiger partial charge on any atom is 0.407 e. The Morgan fingerprint density at radius 2 is 2.00 bits per heavy atom. The summed E-state index contributed by atoms with van der Waals surface area (Å²) >= 11 is 0. The minimum atomic E-state index is -0.558. The van der Waals surface area contributed by atoms with Crippen LogP contribution in [-0.2, 0) is 16.5 Å². The lowest BCUT2D eigenvalue weighted by Crippen LogP contribution is -2.37. The van der Waals surface area contributed by atoms with Crippen LogP contribution in [0.4, 0.5) is 4.79 Å². The van der Waals surface area contributed by atoms with Crippen molar-refractivity contribution in [3.05, 3.63) is 23.5 Å². The highest BCUT2D eigenvalue weighted by molar-refractivity contribution is 5.87. The topological polar surface area (TPSA) is 95.6 Å². The maximum absolute atomic E-state index is 11.6. The van der Waals surface area contributed by atoms with Crippen LogP contribution >= 0.6 is 0 Å². The van der Waals surface area contributed by atoms with Crippen LogP contribution in [0.25, 0.3) is 0 Å². The first-order valence-electron chi connectivity index (χ1n) is 6.62. The number of carbonyl (C=O) groups is 2. The first kappa shape index (κ1) is 17.0. The number of esters is 1. The number of ether oxygens (including phenoxy) is 2. The van der Waals surface area contributed by atoms with Crippen LogP contribution in [0.2, 0.25) is 0 Å². The highest BCUT2D eigenvalue weighted by Crippen LogP contribution is 2.15. The molecule has 1 aromatic heterocycles. The standard InChI is InChI=1S/C14H23N3O4/c1-14(2,3)21-13(19)16-8-9(15)10-6-7-11(17(10)4)12(18)20-5/h6-7,9H,8,15H2,1-5H3,(H,16,19). The minimum Gasteiger partial charge on any atom is -0.464 e. The molecule has 0 spiro atoms. The van der Waals surface area contributed by atoms with Gasteiger partial charge in [-0.1, -0.05) is 0 Å². The summed E-state index contributed by atoms with van der Waals surface area (Å²) in [5.74, 6) is -0.434. The summed E-state index contributed by atoms with van der Waals surface area (Å²) in [6, 6.07) is 2.91. The van der Waals surface area contributed by atoms with Crippen LogP contribution in [0.15, 0.2) is 12.1 Å². The van der Waals surface area contributed by atoms with E-state index in [1.165, 1.54) is 7.11 Å². The summed E-state index contributed by atoms with van der Waals surface area (Å²) in [6.07, 6.45) is -0.527. The van der Waals surface area contributed by atoms with E-state index < -0.39 is 23.7 Å². The molecule has 0 bridgehead atoms. The lowest BCUT2D eigenvalue weighted by Gasteiger charge is -2.21. The van der Waals surface area contributed by atoms with Gasteiger partial charge in [-0.15, -0.1) is 0 Å². The summed E-state index contributed by atoms with van der Waals surface area (Å²) in [5, 5.41) is 2.60. The number of nitrogens with one attached hydrogen (secondary N) is 1. The van der Waals surface area contributed by atoms with Crippen molar-refractivity contribution < 1.29 is 19.1 Å². The van der Waals surface area contributed by atoms with Crippen molar-refractivity contribution in [3.8, 4) is 0 Å². The molecule has 7 heteroatoms. The van der Waals surface area contributed by atoms with E-state index in [-0.39, 0.29) is 6.54 Å². The quantitative estimate of drug-likeness (QED) is 0.818. The molecule has 118 valence electrons. The number of amides is 1. The van der Waals surface area contributed by atoms with E-state index >= 15 is 0 Å². The van der Waals surface area contributed by atoms with Crippen molar-refractivity contribution >= 4 is 12.1 Å². The molecule has 1 rings (SSSR count). The molecule has 0 fully saturated rings. The first-order chi connectivity index (χ1) is 9.65. The second-order valence-corrected chi connectivity index (χ2v) is 5.68. The number of nitrogens with two attached hydrogens (primary N) is 1. The van der Waals surface area contributed by atoms with Gasteiger partial charge in [0.2, 0.25) is 0 Å². The summed E-state index contributed by atoms with van der Waals surface area (Å²) in [4.78, 5) is 23.1. The van der Waals surface area contributed by atoms with Crippen molar-refractivity contribution in [1.29, 1.82) is 0 Å². The van der Waals surface area contributed by atoms with Crippen LogP contribution in [0.5, 0.6) is 0 Å². The molecule has 0 radical (unpaired) electrons. The van der Waals surface area contributed by atoms with Crippen molar-refractivity contribution in [1.82, 2.24) is 9.88 Å². The molecule has 1 amide bonds. The normalized spacial score (nSPS) is 12.7. The molecule has 0 aliphatic heterocycles. The Labute approximate surface area is 124 Å². The van der Waals surface area contributed by atoms with Crippen LogP contribution in [0.3, 0.4) is 0 Å². The third kappa shape index (κ3) is 4.78. The van der Waals surface area contributed by atoms with E-state index in [1.807, 2.05) is 0 Å². The van der Waals surface area contributed by atoms with Crippen molar-refractivity contribution in [2.75, 3.05) is 13.7 Å². The zero-order valence-corrected chi connectivity index (χ0v) is 13.1. The average molecular weight is 297 g/mol. The summed E-state index contributed by atoms with van der Waals surface area (Å²) in [5.41, 5.74) is 6.58. The molecule has 1 heterocycles. The molecule has 0 saturated heterocycles. The van der Waals surface area contributed by atoms with Gasteiger partial charge in [-0.05, 0) is 32.9 Å². The number of rotatable bonds is 4. The van der Waals surface area contributed by atoms with E-state index in [0.717, 1.165) is 0 Å². The van der Waals surface area contributed by atoms with Gasteiger partial charge in [0.15, 0.2) is 0 Å². The van der Waals surface area contributed by atoms with Crippen LogP contribution < -0.4 is 11.1 Å². The van der Waals surface area contributed by atoms with Gasteiger partial charge in [-0.25, -0.2) is 9.59 Å². The molecule has 3 N–H and O–H groups in total. The zero-order chi connectivity index (χ0) is 16.2. The second-order valence-electron chi connectivity index (χ2n) is 5.68. The van der Waals surface area contributed by atoms with Crippen molar-refractivity contribution in [2.24, 2.45) is 12.8 Å². The van der Waals surface area contributed by atoms with Gasteiger partial charge >= 0.3 is 12.1 Å². The number of aromatic nitrogens is 1. The predicted molar refractivity (Wildman–Crippen MR) is 77.9 cm³/mol.